The number of rotatable bonds is 4. The highest BCUT2D eigenvalue weighted by Crippen LogP contribution is 2.70. The number of thioether (sulfide) groups is 1. The Hall–Kier alpha value is -0.730. The van der Waals surface area contributed by atoms with Crippen LogP contribution in [0.25, 0.3) is 0 Å². The molecule has 0 spiro atoms. The summed E-state index contributed by atoms with van der Waals surface area (Å²) in [4.78, 5) is 1.32. The molecule has 98 valence electrons. The van der Waals surface area contributed by atoms with E-state index in [-0.39, 0.29) is 10.2 Å². The maximum Gasteiger partial charge on any atom is 0.0454 e. The second-order valence-electron chi connectivity index (χ2n) is 5.95. The highest BCUT2D eigenvalue weighted by molar-refractivity contribution is 8.01. The van der Waals surface area contributed by atoms with Crippen LogP contribution >= 0.6 is 11.8 Å². The highest BCUT2D eigenvalue weighted by atomic mass is 32.2. The van der Waals surface area contributed by atoms with Crippen molar-refractivity contribution in [2.45, 2.75) is 37.3 Å². The van der Waals surface area contributed by atoms with Crippen LogP contribution in [0.4, 0.5) is 0 Å². The van der Waals surface area contributed by atoms with E-state index in [4.69, 9.17) is 5.73 Å². The Kier molecular flexibility index (Phi) is 3.61. The molecule has 0 amide bonds. The van der Waals surface area contributed by atoms with Gasteiger partial charge in [-0.25, -0.2) is 0 Å². The zero-order chi connectivity index (χ0) is 13.4. The van der Waals surface area contributed by atoms with Crippen molar-refractivity contribution in [1.29, 1.82) is 0 Å². The van der Waals surface area contributed by atoms with E-state index >= 15 is 0 Å². The lowest BCUT2D eigenvalue weighted by Crippen LogP contribution is -2.24. The summed E-state index contributed by atoms with van der Waals surface area (Å²) < 4.78 is 0.158. The summed E-state index contributed by atoms with van der Waals surface area (Å²) in [5, 5.41) is 0. The summed E-state index contributed by atoms with van der Waals surface area (Å²) in [7, 11) is 0. The van der Waals surface area contributed by atoms with Crippen LogP contribution in [0.15, 0.2) is 46.9 Å². The third-order valence-electron chi connectivity index (χ3n) is 4.13. The molecule has 1 aliphatic carbocycles. The minimum atomic E-state index is 0.158. The Balaban J connectivity index is 2.26. The molecule has 18 heavy (non-hydrogen) atoms. The molecule has 0 heterocycles. The Bertz CT molecular complexity index is 445. The first-order valence-corrected chi connectivity index (χ1v) is 7.35. The van der Waals surface area contributed by atoms with Gasteiger partial charge in [0.15, 0.2) is 0 Å². The lowest BCUT2D eigenvalue weighted by Gasteiger charge is -2.17. The van der Waals surface area contributed by atoms with Crippen molar-refractivity contribution < 1.29 is 0 Å². The molecule has 1 aromatic carbocycles. The molecule has 1 saturated carbocycles. The molecule has 2 heteroatoms. The Morgan fingerprint density at radius 3 is 2.39 bits per heavy atom. The molecule has 1 nitrogen and oxygen atoms in total. The first-order valence-electron chi connectivity index (χ1n) is 6.53. The van der Waals surface area contributed by atoms with E-state index in [0.717, 1.165) is 6.54 Å². The molecule has 0 aromatic heterocycles. The SMILES string of the molecule is CC(C)=CC1C(C)(C)C1(CN)Sc1ccccc1. The third kappa shape index (κ3) is 2.12. The molecule has 2 rings (SSSR count). The normalized spacial score (nSPS) is 28.8. The summed E-state index contributed by atoms with van der Waals surface area (Å²) in [6, 6.07) is 10.6. The lowest BCUT2D eigenvalue weighted by molar-refractivity contribution is 0.573. The maximum atomic E-state index is 6.11. The van der Waals surface area contributed by atoms with Crippen molar-refractivity contribution in [3.8, 4) is 0 Å². The first-order chi connectivity index (χ1) is 8.44. The van der Waals surface area contributed by atoms with Crippen LogP contribution in [0.1, 0.15) is 27.7 Å². The summed E-state index contributed by atoms with van der Waals surface area (Å²) in [6.07, 6.45) is 2.39. The monoisotopic (exact) mass is 261 g/mol. The van der Waals surface area contributed by atoms with Crippen molar-refractivity contribution >= 4 is 11.8 Å². The number of nitrogens with two attached hydrogens (primary N) is 1. The number of benzene rings is 1. The fourth-order valence-electron chi connectivity index (χ4n) is 2.86. The number of hydrogen-bond donors (Lipinski definition) is 1. The molecular weight excluding hydrogens is 238 g/mol. The largest absolute Gasteiger partial charge is 0.329 e. The summed E-state index contributed by atoms with van der Waals surface area (Å²) in [5.74, 6) is 0.574. The number of allylic oxidation sites excluding steroid dienone is 2. The van der Waals surface area contributed by atoms with E-state index in [9.17, 15) is 0 Å². The van der Waals surface area contributed by atoms with E-state index < -0.39 is 0 Å². The molecule has 2 atom stereocenters. The van der Waals surface area contributed by atoms with Gasteiger partial charge in [0.2, 0.25) is 0 Å². The minimum Gasteiger partial charge on any atom is -0.329 e. The molecule has 2 N–H and O–H groups in total. The quantitative estimate of drug-likeness (QED) is 0.826. The third-order valence-corrected chi connectivity index (χ3v) is 5.95. The smallest absolute Gasteiger partial charge is 0.0454 e. The van der Waals surface area contributed by atoms with E-state index in [1.807, 2.05) is 11.8 Å². The fraction of sp³-hybridized carbons (Fsp3) is 0.500. The Morgan fingerprint density at radius 1 is 1.28 bits per heavy atom. The van der Waals surface area contributed by atoms with Gasteiger partial charge in [-0.1, -0.05) is 43.7 Å². The Morgan fingerprint density at radius 2 is 1.89 bits per heavy atom. The van der Waals surface area contributed by atoms with Crippen LogP contribution < -0.4 is 5.73 Å². The molecule has 2 unspecified atom stereocenters. The molecule has 0 saturated heterocycles. The van der Waals surface area contributed by atoms with Gasteiger partial charge < -0.3 is 5.73 Å². The molecule has 0 radical (unpaired) electrons. The van der Waals surface area contributed by atoms with Gasteiger partial charge >= 0.3 is 0 Å². The van der Waals surface area contributed by atoms with Gasteiger partial charge in [0.25, 0.3) is 0 Å². The van der Waals surface area contributed by atoms with Crippen LogP contribution in [0, 0.1) is 11.3 Å². The van der Waals surface area contributed by atoms with Crippen molar-refractivity contribution in [3.63, 3.8) is 0 Å². The van der Waals surface area contributed by atoms with Gasteiger partial charge in [-0.15, -0.1) is 11.8 Å². The van der Waals surface area contributed by atoms with Gasteiger partial charge in [-0.2, -0.15) is 0 Å². The van der Waals surface area contributed by atoms with Gasteiger partial charge in [0.05, 0.1) is 0 Å². The van der Waals surface area contributed by atoms with E-state index in [1.54, 1.807) is 0 Å². The van der Waals surface area contributed by atoms with Crippen LogP contribution in [0.5, 0.6) is 0 Å². The predicted octanol–water partition coefficient (Wildman–Crippen LogP) is 4.10. The van der Waals surface area contributed by atoms with Gasteiger partial charge in [0.1, 0.15) is 0 Å². The molecule has 1 aromatic rings. The second kappa shape index (κ2) is 4.75. The van der Waals surface area contributed by atoms with Gasteiger partial charge in [0, 0.05) is 22.1 Å². The second-order valence-corrected chi connectivity index (χ2v) is 7.36. The van der Waals surface area contributed by atoms with Gasteiger partial charge in [-0.05, 0) is 31.4 Å². The van der Waals surface area contributed by atoms with Crippen LogP contribution in [0.2, 0.25) is 0 Å². The molecule has 1 aliphatic rings. The van der Waals surface area contributed by atoms with E-state index in [2.05, 4.69) is 64.1 Å². The summed E-state index contributed by atoms with van der Waals surface area (Å²) in [6.45, 7) is 9.74. The van der Waals surface area contributed by atoms with Crippen molar-refractivity contribution in [2.24, 2.45) is 17.1 Å². The highest BCUT2D eigenvalue weighted by Gasteiger charge is 2.69. The topological polar surface area (TPSA) is 26.0 Å². The maximum absolute atomic E-state index is 6.11. The van der Waals surface area contributed by atoms with E-state index in [1.165, 1.54) is 10.5 Å². The first kappa shape index (κ1) is 13.7. The average molecular weight is 261 g/mol. The average Bonchev–Trinajstić information content (AvgIpc) is 2.77. The standard InChI is InChI=1S/C16H23NS/c1-12(2)10-14-15(3,4)16(14,11-17)18-13-8-6-5-7-9-13/h5-10,14H,11,17H2,1-4H3. The molecule has 0 bridgehead atoms. The molecule has 0 aliphatic heterocycles. The summed E-state index contributed by atoms with van der Waals surface area (Å²) in [5.41, 5.74) is 7.77. The Labute approximate surface area is 115 Å². The van der Waals surface area contributed by atoms with Crippen molar-refractivity contribution in [3.05, 3.63) is 42.0 Å². The van der Waals surface area contributed by atoms with Crippen molar-refractivity contribution in [2.75, 3.05) is 6.54 Å². The number of hydrogen-bond acceptors (Lipinski definition) is 2. The minimum absolute atomic E-state index is 0.158. The fourth-order valence-corrected chi connectivity index (χ4v) is 4.47. The van der Waals surface area contributed by atoms with Crippen LogP contribution in [-0.2, 0) is 0 Å². The van der Waals surface area contributed by atoms with Crippen LogP contribution in [-0.4, -0.2) is 11.3 Å². The molecular formula is C16H23NS. The molecule has 1 fully saturated rings. The van der Waals surface area contributed by atoms with E-state index in [0.29, 0.717) is 5.92 Å². The van der Waals surface area contributed by atoms with Crippen molar-refractivity contribution in [1.82, 2.24) is 0 Å². The van der Waals surface area contributed by atoms with Gasteiger partial charge in [-0.3, -0.25) is 0 Å². The lowest BCUT2D eigenvalue weighted by atomic mass is 10.1. The van der Waals surface area contributed by atoms with Crippen LogP contribution in [0.3, 0.4) is 0 Å². The predicted molar refractivity (Wildman–Crippen MR) is 80.8 cm³/mol. The zero-order valence-electron chi connectivity index (χ0n) is 11.7. The zero-order valence-corrected chi connectivity index (χ0v) is 12.6. The summed E-state index contributed by atoms with van der Waals surface area (Å²) >= 11 is 1.94.